The molecule has 2 aromatic carbocycles. The summed E-state index contributed by atoms with van der Waals surface area (Å²) in [4.78, 5) is 30.3. The van der Waals surface area contributed by atoms with Crippen LogP contribution in [0.4, 0.5) is 4.39 Å². The Bertz CT molecular complexity index is 1120. The normalized spacial score (nSPS) is 16.0. The van der Waals surface area contributed by atoms with Gasteiger partial charge < -0.3 is 9.80 Å². The van der Waals surface area contributed by atoms with Gasteiger partial charge in [0.25, 0.3) is 11.8 Å². The average molecular weight is 449 g/mol. The zero-order valence-corrected chi connectivity index (χ0v) is 19.1. The number of aromatic nitrogens is 2. The summed E-state index contributed by atoms with van der Waals surface area (Å²) in [6, 6.07) is 13.4. The van der Waals surface area contributed by atoms with Crippen LogP contribution < -0.4 is 0 Å². The van der Waals surface area contributed by atoms with Crippen molar-refractivity contribution in [1.82, 2.24) is 20.0 Å². The lowest BCUT2D eigenvalue weighted by Crippen LogP contribution is -2.40. The van der Waals surface area contributed by atoms with Gasteiger partial charge in [0.1, 0.15) is 5.82 Å². The Labute approximate surface area is 193 Å². The molecule has 0 saturated carbocycles. The van der Waals surface area contributed by atoms with E-state index < -0.39 is 0 Å². The SMILES string of the molecule is CCN(CC)C(=O)c1cn[nH]c1C1CCCCN1C(=O)c1cccc(-c2ccc(F)cc2)c1. The van der Waals surface area contributed by atoms with Crippen LogP contribution in [-0.4, -0.2) is 51.4 Å². The van der Waals surface area contributed by atoms with Crippen molar-refractivity contribution < 1.29 is 14.0 Å². The molecule has 0 radical (unpaired) electrons. The van der Waals surface area contributed by atoms with E-state index in [9.17, 15) is 14.0 Å². The van der Waals surface area contributed by atoms with Crippen LogP contribution in [0.15, 0.2) is 54.7 Å². The minimum atomic E-state index is -0.295. The number of piperidine rings is 1. The van der Waals surface area contributed by atoms with Crippen LogP contribution in [0.25, 0.3) is 11.1 Å². The van der Waals surface area contributed by atoms with Crippen molar-refractivity contribution in [2.75, 3.05) is 19.6 Å². The number of hydrogen-bond donors (Lipinski definition) is 1. The van der Waals surface area contributed by atoms with Crippen LogP contribution in [0.3, 0.4) is 0 Å². The van der Waals surface area contributed by atoms with Gasteiger partial charge in [0, 0.05) is 25.2 Å². The number of H-pyrrole nitrogens is 1. The van der Waals surface area contributed by atoms with Gasteiger partial charge in [-0.1, -0.05) is 24.3 Å². The second-order valence-electron chi connectivity index (χ2n) is 8.27. The Morgan fingerprint density at radius 1 is 1.09 bits per heavy atom. The number of benzene rings is 2. The Balaban J connectivity index is 1.63. The molecule has 2 heterocycles. The third kappa shape index (κ3) is 4.67. The van der Waals surface area contributed by atoms with Crippen molar-refractivity contribution in [3.8, 4) is 11.1 Å². The molecule has 1 aliphatic rings. The first-order chi connectivity index (χ1) is 16.0. The minimum absolute atomic E-state index is 0.0694. The summed E-state index contributed by atoms with van der Waals surface area (Å²) in [6.45, 7) is 5.74. The molecule has 4 rings (SSSR count). The number of carbonyl (C=O) groups excluding carboxylic acids is 2. The zero-order valence-electron chi connectivity index (χ0n) is 19.1. The van der Waals surface area contributed by atoms with Gasteiger partial charge in [0.15, 0.2) is 0 Å². The first kappa shape index (κ1) is 22.7. The fraction of sp³-hybridized carbons (Fsp3) is 0.346. The lowest BCUT2D eigenvalue weighted by atomic mass is 9.95. The molecule has 6 nitrogen and oxygen atoms in total. The Hall–Kier alpha value is -3.48. The summed E-state index contributed by atoms with van der Waals surface area (Å²) in [5.41, 5.74) is 3.51. The number of halogens is 1. The monoisotopic (exact) mass is 448 g/mol. The molecule has 1 fully saturated rings. The van der Waals surface area contributed by atoms with E-state index in [1.807, 2.05) is 36.9 Å². The number of hydrogen-bond acceptors (Lipinski definition) is 3. The molecular weight excluding hydrogens is 419 g/mol. The van der Waals surface area contributed by atoms with Crippen molar-refractivity contribution in [3.63, 3.8) is 0 Å². The first-order valence-corrected chi connectivity index (χ1v) is 11.5. The van der Waals surface area contributed by atoms with Crippen LogP contribution in [0.5, 0.6) is 0 Å². The fourth-order valence-corrected chi connectivity index (χ4v) is 4.52. The van der Waals surface area contributed by atoms with Gasteiger partial charge in [0.05, 0.1) is 23.5 Å². The third-order valence-corrected chi connectivity index (χ3v) is 6.33. The van der Waals surface area contributed by atoms with Gasteiger partial charge in [-0.2, -0.15) is 5.10 Å². The second-order valence-corrected chi connectivity index (χ2v) is 8.27. The van der Waals surface area contributed by atoms with E-state index in [2.05, 4.69) is 10.2 Å². The van der Waals surface area contributed by atoms with Crippen LogP contribution in [0.2, 0.25) is 0 Å². The quantitative estimate of drug-likeness (QED) is 0.573. The van der Waals surface area contributed by atoms with Crippen molar-refractivity contribution in [1.29, 1.82) is 0 Å². The number of aromatic amines is 1. The largest absolute Gasteiger partial charge is 0.339 e. The molecule has 1 saturated heterocycles. The molecule has 1 atom stereocenters. The van der Waals surface area contributed by atoms with Crippen molar-refractivity contribution in [2.45, 2.75) is 39.2 Å². The fourth-order valence-electron chi connectivity index (χ4n) is 4.52. The summed E-state index contributed by atoms with van der Waals surface area (Å²) >= 11 is 0. The predicted molar refractivity (Wildman–Crippen MR) is 125 cm³/mol. The number of nitrogens with one attached hydrogen (secondary N) is 1. The number of carbonyl (C=O) groups is 2. The van der Waals surface area contributed by atoms with Crippen molar-refractivity contribution in [2.24, 2.45) is 0 Å². The summed E-state index contributed by atoms with van der Waals surface area (Å²) in [6.07, 6.45) is 4.22. The van der Waals surface area contributed by atoms with E-state index in [1.54, 1.807) is 29.3 Å². The molecular formula is C26H29FN4O2. The molecule has 33 heavy (non-hydrogen) atoms. The summed E-state index contributed by atoms with van der Waals surface area (Å²) in [5.74, 6) is -0.448. The third-order valence-electron chi connectivity index (χ3n) is 6.33. The van der Waals surface area contributed by atoms with E-state index in [0.717, 1.165) is 30.4 Å². The Morgan fingerprint density at radius 2 is 1.85 bits per heavy atom. The Morgan fingerprint density at radius 3 is 2.58 bits per heavy atom. The second kappa shape index (κ2) is 9.98. The van der Waals surface area contributed by atoms with E-state index in [0.29, 0.717) is 36.5 Å². The number of likely N-dealkylation sites (tertiary alicyclic amines) is 1. The molecule has 1 aromatic heterocycles. The average Bonchev–Trinajstić information content (AvgIpc) is 3.35. The molecule has 172 valence electrons. The van der Waals surface area contributed by atoms with E-state index >= 15 is 0 Å². The molecule has 0 aliphatic carbocycles. The number of amides is 2. The first-order valence-electron chi connectivity index (χ1n) is 11.5. The molecule has 3 aromatic rings. The summed E-state index contributed by atoms with van der Waals surface area (Å²) in [5, 5.41) is 7.17. The molecule has 2 amide bonds. The van der Waals surface area contributed by atoms with E-state index in [-0.39, 0.29) is 23.7 Å². The topological polar surface area (TPSA) is 69.3 Å². The lowest BCUT2D eigenvalue weighted by molar-refractivity contribution is 0.0597. The molecule has 1 N–H and O–H groups in total. The molecule has 7 heteroatoms. The lowest BCUT2D eigenvalue weighted by Gasteiger charge is -2.36. The molecule has 1 aliphatic heterocycles. The zero-order chi connectivity index (χ0) is 23.4. The standard InChI is InChI=1S/C26H29FN4O2/c1-3-30(4-2)26(33)22-17-28-29-24(22)23-10-5-6-15-31(23)25(32)20-9-7-8-19(16-20)18-11-13-21(27)14-12-18/h7-9,11-14,16-17,23H,3-6,10,15H2,1-2H3,(H,28,29). The maximum Gasteiger partial charge on any atom is 0.257 e. The van der Waals surface area contributed by atoms with E-state index in [4.69, 9.17) is 0 Å². The maximum atomic E-state index is 13.6. The van der Waals surface area contributed by atoms with Crippen LogP contribution >= 0.6 is 0 Å². The highest BCUT2D eigenvalue weighted by molar-refractivity contribution is 5.97. The minimum Gasteiger partial charge on any atom is -0.339 e. The molecule has 1 unspecified atom stereocenters. The van der Waals surface area contributed by atoms with E-state index in [1.165, 1.54) is 12.1 Å². The van der Waals surface area contributed by atoms with Crippen LogP contribution in [0, 0.1) is 5.82 Å². The van der Waals surface area contributed by atoms with Crippen LogP contribution in [0.1, 0.15) is 65.6 Å². The maximum absolute atomic E-state index is 13.6. The highest BCUT2D eigenvalue weighted by Gasteiger charge is 2.33. The molecule has 0 bridgehead atoms. The molecule has 0 spiro atoms. The van der Waals surface area contributed by atoms with Crippen molar-refractivity contribution in [3.05, 3.63) is 77.4 Å². The van der Waals surface area contributed by atoms with Gasteiger partial charge in [-0.3, -0.25) is 14.7 Å². The van der Waals surface area contributed by atoms with Crippen molar-refractivity contribution >= 4 is 11.8 Å². The smallest absolute Gasteiger partial charge is 0.257 e. The summed E-state index contributed by atoms with van der Waals surface area (Å²) in [7, 11) is 0. The number of rotatable bonds is 6. The highest BCUT2D eigenvalue weighted by Crippen LogP contribution is 2.34. The van der Waals surface area contributed by atoms with Gasteiger partial charge in [0.2, 0.25) is 0 Å². The van der Waals surface area contributed by atoms with Gasteiger partial charge in [-0.15, -0.1) is 0 Å². The Kier molecular flexibility index (Phi) is 6.87. The van der Waals surface area contributed by atoms with Gasteiger partial charge in [-0.05, 0) is 68.5 Å². The number of nitrogens with zero attached hydrogens (tertiary/aromatic N) is 3. The van der Waals surface area contributed by atoms with Gasteiger partial charge in [-0.25, -0.2) is 4.39 Å². The van der Waals surface area contributed by atoms with Crippen LogP contribution in [-0.2, 0) is 0 Å². The van der Waals surface area contributed by atoms with Gasteiger partial charge >= 0.3 is 0 Å². The predicted octanol–water partition coefficient (Wildman–Crippen LogP) is 5.07. The summed E-state index contributed by atoms with van der Waals surface area (Å²) < 4.78 is 13.3. The highest BCUT2D eigenvalue weighted by atomic mass is 19.1.